The lowest BCUT2D eigenvalue weighted by Crippen LogP contribution is -2.46. The quantitative estimate of drug-likeness (QED) is 0.714. The zero-order chi connectivity index (χ0) is 13.4. The van der Waals surface area contributed by atoms with Crippen molar-refractivity contribution in [3.8, 4) is 6.07 Å². The van der Waals surface area contributed by atoms with Crippen LogP contribution in [0.15, 0.2) is 0 Å². The number of nitrogens with zero attached hydrogens (tertiary/aromatic N) is 2. The molecule has 4 heteroatoms. The van der Waals surface area contributed by atoms with E-state index in [-0.39, 0.29) is 5.54 Å². The van der Waals surface area contributed by atoms with Crippen LogP contribution in [-0.4, -0.2) is 50.8 Å². The number of likely N-dealkylation sites (N-methyl/N-ethyl adjacent to an activating group) is 1. The van der Waals surface area contributed by atoms with Gasteiger partial charge < -0.3 is 15.0 Å². The molecule has 1 aliphatic carbocycles. The molecule has 104 valence electrons. The Bertz CT molecular complexity index is 277. The molecule has 0 heterocycles. The summed E-state index contributed by atoms with van der Waals surface area (Å²) in [5.74, 6) is 0.490. The summed E-state index contributed by atoms with van der Waals surface area (Å²) >= 11 is 0. The van der Waals surface area contributed by atoms with Crippen LogP contribution in [0.2, 0.25) is 0 Å². The highest BCUT2D eigenvalue weighted by Crippen LogP contribution is 2.37. The molecule has 1 N–H and O–H groups in total. The molecule has 1 rings (SSSR count). The van der Waals surface area contributed by atoms with Gasteiger partial charge in [0.2, 0.25) is 0 Å². The van der Waals surface area contributed by atoms with Gasteiger partial charge in [-0.05, 0) is 45.3 Å². The Morgan fingerprint density at radius 1 is 1.50 bits per heavy atom. The standard InChI is InChI=1S/C14H27N3O/c1-4-17(10-11-18-3)9-7-13-6-5-8-14(13,12-15)16-2/h13,16H,4-11H2,1-3H3. The fraction of sp³-hybridized carbons (Fsp3) is 0.929. The number of hydrogen-bond donors (Lipinski definition) is 1. The summed E-state index contributed by atoms with van der Waals surface area (Å²) in [6, 6.07) is 2.51. The summed E-state index contributed by atoms with van der Waals surface area (Å²) in [5, 5.41) is 12.7. The van der Waals surface area contributed by atoms with Crippen molar-refractivity contribution in [3.63, 3.8) is 0 Å². The van der Waals surface area contributed by atoms with E-state index in [1.807, 2.05) is 7.05 Å². The second kappa shape index (κ2) is 7.73. The third-order valence-electron chi connectivity index (χ3n) is 4.32. The van der Waals surface area contributed by atoms with Gasteiger partial charge in [0.05, 0.1) is 12.7 Å². The smallest absolute Gasteiger partial charge is 0.109 e. The summed E-state index contributed by atoms with van der Waals surface area (Å²) in [6.45, 7) is 6.07. The van der Waals surface area contributed by atoms with Gasteiger partial charge in [-0.25, -0.2) is 0 Å². The van der Waals surface area contributed by atoms with E-state index in [2.05, 4.69) is 23.2 Å². The second-order valence-corrected chi connectivity index (χ2v) is 5.14. The van der Waals surface area contributed by atoms with E-state index < -0.39 is 0 Å². The summed E-state index contributed by atoms with van der Waals surface area (Å²) in [6.07, 6.45) is 4.44. The highest BCUT2D eigenvalue weighted by atomic mass is 16.5. The Kier molecular flexibility index (Phi) is 6.62. The fourth-order valence-corrected chi connectivity index (χ4v) is 2.99. The lowest BCUT2D eigenvalue weighted by Gasteiger charge is -2.30. The molecule has 0 saturated heterocycles. The van der Waals surface area contributed by atoms with Crippen molar-refractivity contribution in [1.82, 2.24) is 10.2 Å². The van der Waals surface area contributed by atoms with Crippen LogP contribution < -0.4 is 5.32 Å². The van der Waals surface area contributed by atoms with E-state index in [4.69, 9.17) is 4.74 Å². The third kappa shape index (κ3) is 3.68. The van der Waals surface area contributed by atoms with Gasteiger partial charge in [-0.2, -0.15) is 5.26 Å². The molecule has 4 nitrogen and oxygen atoms in total. The molecule has 0 radical (unpaired) electrons. The Morgan fingerprint density at radius 2 is 2.28 bits per heavy atom. The van der Waals surface area contributed by atoms with E-state index in [0.717, 1.165) is 39.1 Å². The molecule has 0 spiro atoms. The van der Waals surface area contributed by atoms with Crippen molar-refractivity contribution in [3.05, 3.63) is 0 Å². The van der Waals surface area contributed by atoms with Crippen LogP contribution in [0.5, 0.6) is 0 Å². The molecule has 0 aromatic heterocycles. The Labute approximate surface area is 111 Å². The van der Waals surface area contributed by atoms with Crippen molar-refractivity contribution in [2.24, 2.45) is 5.92 Å². The number of nitriles is 1. The molecule has 2 unspecified atom stereocenters. The maximum atomic E-state index is 9.40. The van der Waals surface area contributed by atoms with E-state index in [1.165, 1.54) is 12.8 Å². The highest BCUT2D eigenvalue weighted by molar-refractivity contribution is 5.13. The topological polar surface area (TPSA) is 48.3 Å². The lowest BCUT2D eigenvalue weighted by atomic mass is 9.86. The predicted molar refractivity (Wildman–Crippen MR) is 73.4 cm³/mol. The van der Waals surface area contributed by atoms with Gasteiger partial charge in [-0.15, -0.1) is 0 Å². The second-order valence-electron chi connectivity index (χ2n) is 5.14. The van der Waals surface area contributed by atoms with E-state index in [0.29, 0.717) is 5.92 Å². The largest absolute Gasteiger partial charge is 0.383 e. The molecular weight excluding hydrogens is 226 g/mol. The van der Waals surface area contributed by atoms with Gasteiger partial charge in [0, 0.05) is 13.7 Å². The minimum atomic E-state index is -0.277. The van der Waals surface area contributed by atoms with Crippen molar-refractivity contribution in [2.45, 2.75) is 38.1 Å². The molecule has 0 aromatic carbocycles. The molecule has 0 amide bonds. The first-order valence-corrected chi connectivity index (χ1v) is 7.04. The molecule has 0 aliphatic heterocycles. The number of ether oxygens (including phenoxy) is 1. The van der Waals surface area contributed by atoms with Crippen LogP contribution >= 0.6 is 0 Å². The van der Waals surface area contributed by atoms with Crippen LogP contribution in [0, 0.1) is 17.2 Å². The van der Waals surface area contributed by atoms with Crippen molar-refractivity contribution in [1.29, 1.82) is 5.26 Å². The van der Waals surface area contributed by atoms with Gasteiger partial charge in [-0.1, -0.05) is 13.3 Å². The van der Waals surface area contributed by atoms with Crippen molar-refractivity contribution >= 4 is 0 Å². The average Bonchev–Trinajstić information content (AvgIpc) is 2.82. The zero-order valence-electron chi connectivity index (χ0n) is 12.0. The van der Waals surface area contributed by atoms with Crippen LogP contribution in [0.4, 0.5) is 0 Å². The molecular formula is C14H27N3O. The lowest BCUT2D eigenvalue weighted by molar-refractivity contribution is 0.143. The summed E-state index contributed by atoms with van der Waals surface area (Å²) in [5.41, 5.74) is -0.277. The third-order valence-corrected chi connectivity index (χ3v) is 4.32. The normalized spacial score (nSPS) is 27.6. The Balaban J connectivity index is 2.44. The number of methoxy groups -OCH3 is 1. The van der Waals surface area contributed by atoms with Crippen LogP contribution in [0.25, 0.3) is 0 Å². The maximum absolute atomic E-state index is 9.40. The molecule has 1 aliphatic rings. The minimum absolute atomic E-state index is 0.277. The first kappa shape index (κ1) is 15.4. The summed E-state index contributed by atoms with van der Waals surface area (Å²) in [4.78, 5) is 2.40. The monoisotopic (exact) mass is 253 g/mol. The summed E-state index contributed by atoms with van der Waals surface area (Å²) in [7, 11) is 3.66. The molecule has 2 atom stereocenters. The van der Waals surface area contributed by atoms with Gasteiger partial charge in [0.25, 0.3) is 0 Å². The highest BCUT2D eigenvalue weighted by Gasteiger charge is 2.41. The molecule has 0 aromatic rings. The number of nitrogens with one attached hydrogen (secondary N) is 1. The SMILES string of the molecule is CCN(CCOC)CCC1CCCC1(C#N)NC. The van der Waals surface area contributed by atoms with Crippen LogP contribution in [0.1, 0.15) is 32.6 Å². The van der Waals surface area contributed by atoms with E-state index in [1.54, 1.807) is 7.11 Å². The summed E-state index contributed by atoms with van der Waals surface area (Å²) < 4.78 is 5.12. The van der Waals surface area contributed by atoms with E-state index >= 15 is 0 Å². The minimum Gasteiger partial charge on any atom is -0.383 e. The fourth-order valence-electron chi connectivity index (χ4n) is 2.99. The van der Waals surface area contributed by atoms with Crippen LogP contribution in [-0.2, 0) is 4.74 Å². The Hall–Kier alpha value is -0.630. The first-order chi connectivity index (χ1) is 8.72. The predicted octanol–water partition coefficient (Wildman–Crippen LogP) is 1.63. The van der Waals surface area contributed by atoms with Crippen molar-refractivity contribution < 1.29 is 4.74 Å². The molecule has 0 bridgehead atoms. The van der Waals surface area contributed by atoms with Crippen molar-refractivity contribution in [2.75, 3.05) is 40.4 Å². The zero-order valence-corrected chi connectivity index (χ0v) is 12.0. The van der Waals surface area contributed by atoms with Gasteiger partial charge in [0.15, 0.2) is 0 Å². The van der Waals surface area contributed by atoms with Gasteiger partial charge >= 0.3 is 0 Å². The maximum Gasteiger partial charge on any atom is 0.109 e. The van der Waals surface area contributed by atoms with Gasteiger partial charge in [0.1, 0.15) is 5.54 Å². The number of hydrogen-bond acceptors (Lipinski definition) is 4. The molecule has 1 saturated carbocycles. The number of rotatable bonds is 8. The van der Waals surface area contributed by atoms with Gasteiger partial charge in [-0.3, -0.25) is 0 Å². The van der Waals surface area contributed by atoms with E-state index in [9.17, 15) is 5.26 Å². The molecule has 1 fully saturated rings. The Morgan fingerprint density at radius 3 is 2.83 bits per heavy atom. The molecule has 18 heavy (non-hydrogen) atoms. The average molecular weight is 253 g/mol. The first-order valence-electron chi connectivity index (χ1n) is 7.04. The van der Waals surface area contributed by atoms with Crippen LogP contribution in [0.3, 0.4) is 0 Å².